The fraction of sp³-hybridized carbons (Fsp3) is 0.174. The molecule has 0 aliphatic carbocycles. The van der Waals surface area contributed by atoms with Crippen molar-refractivity contribution >= 4 is 23.5 Å². The number of pyridine rings is 1. The maximum atomic E-state index is 12.8. The number of alkyl halides is 2. The highest BCUT2D eigenvalue weighted by Crippen LogP contribution is 2.35. The number of ether oxygens (including phenoxy) is 1. The third-order valence-electron chi connectivity index (χ3n) is 4.63. The summed E-state index contributed by atoms with van der Waals surface area (Å²) in [5.41, 5.74) is 2.97. The SMILES string of the molecule is COc1cc(CSc2nnc(-c3cccnc3)n2Cc2ccccc2)ccc1SC(F)F. The van der Waals surface area contributed by atoms with Gasteiger partial charge in [-0.25, -0.2) is 0 Å². The fourth-order valence-electron chi connectivity index (χ4n) is 3.16. The van der Waals surface area contributed by atoms with Gasteiger partial charge in [-0.1, -0.05) is 59.9 Å². The van der Waals surface area contributed by atoms with Crippen LogP contribution in [0, 0.1) is 0 Å². The highest BCUT2D eigenvalue weighted by atomic mass is 32.2. The molecule has 0 bridgehead atoms. The molecule has 2 aromatic carbocycles. The van der Waals surface area contributed by atoms with Gasteiger partial charge in [-0.2, -0.15) is 8.78 Å². The van der Waals surface area contributed by atoms with Crippen molar-refractivity contribution in [3.63, 3.8) is 0 Å². The monoisotopic (exact) mass is 470 g/mol. The van der Waals surface area contributed by atoms with Crippen LogP contribution in [0.2, 0.25) is 0 Å². The zero-order valence-electron chi connectivity index (χ0n) is 17.2. The van der Waals surface area contributed by atoms with Crippen LogP contribution in [-0.4, -0.2) is 32.6 Å². The van der Waals surface area contributed by atoms with Crippen LogP contribution in [0.25, 0.3) is 11.4 Å². The van der Waals surface area contributed by atoms with E-state index in [1.54, 1.807) is 24.5 Å². The number of thioether (sulfide) groups is 2. The first kappa shape index (κ1) is 22.3. The minimum absolute atomic E-state index is 0.419. The molecule has 4 rings (SSSR count). The Labute approximate surface area is 193 Å². The summed E-state index contributed by atoms with van der Waals surface area (Å²) < 4.78 is 32.9. The van der Waals surface area contributed by atoms with E-state index < -0.39 is 5.76 Å². The average Bonchev–Trinajstić information content (AvgIpc) is 3.21. The molecule has 0 atom stereocenters. The van der Waals surface area contributed by atoms with Gasteiger partial charge in [-0.3, -0.25) is 9.55 Å². The second-order valence-electron chi connectivity index (χ2n) is 6.77. The van der Waals surface area contributed by atoms with E-state index in [-0.39, 0.29) is 0 Å². The molecule has 2 aromatic heterocycles. The molecule has 4 aromatic rings. The van der Waals surface area contributed by atoms with Crippen molar-refractivity contribution in [2.75, 3.05) is 7.11 Å². The van der Waals surface area contributed by atoms with Crippen molar-refractivity contribution in [2.24, 2.45) is 0 Å². The van der Waals surface area contributed by atoms with Crippen molar-refractivity contribution < 1.29 is 13.5 Å². The molecule has 0 unspecified atom stereocenters. The maximum Gasteiger partial charge on any atom is 0.289 e. The first-order valence-electron chi connectivity index (χ1n) is 9.76. The third-order valence-corrected chi connectivity index (χ3v) is 6.44. The summed E-state index contributed by atoms with van der Waals surface area (Å²) >= 11 is 2.01. The van der Waals surface area contributed by atoms with E-state index in [1.807, 2.05) is 36.4 Å². The number of methoxy groups -OCH3 is 1. The van der Waals surface area contributed by atoms with Gasteiger partial charge in [0.05, 0.1) is 18.6 Å². The number of halogens is 2. The lowest BCUT2D eigenvalue weighted by molar-refractivity contribution is 0.251. The molecule has 0 radical (unpaired) electrons. The molecule has 0 aliphatic rings. The minimum Gasteiger partial charge on any atom is -0.496 e. The summed E-state index contributed by atoms with van der Waals surface area (Å²) in [5, 5.41) is 9.59. The minimum atomic E-state index is -2.49. The summed E-state index contributed by atoms with van der Waals surface area (Å²) in [6.45, 7) is 0.619. The number of rotatable bonds is 9. The Kier molecular flexibility index (Phi) is 7.39. The van der Waals surface area contributed by atoms with Crippen molar-refractivity contribution in [3.05, 3.63) is 84.2 Å². The summed E-state index contributed by atoms with van der Waals surface area (Å²) in [4.78, 5) is 4.62. The van der Waals surface area contributed by atoms with Gasteiger partial charge in [0.25, 0.3) is 5.76 Å². The Balaban J connectivity index is 1.59. The maximum absolute atomic E-state index is 12.8. The van der Waals surface area contributed by atoms with Gasteiger partial charge in [-0.05, 0) is 35.4 Å². The lowest BCUT2D eigenvalue weighted by Gasteiger charge is -2.12. The van der Waals surface area contributed by atoms with Crippen LogP contribution < -0.4 is 4.74 Å². The summed E-state index contributed by atoms with van der Waals surface area (Å²) in [5.74, 6) is -0.719. The standard InChI is InChI=1S/C23H20F2N4OS2/c1-30-19-12-17(9-10-20(19)32-22(24)25)15-31-23-28-27-21(18-8-5-11-26-13-18)29(23)14-16-6-3-2-4-7-16/h2-13,22H,14-15H2,1H3. The van der Waals surface area contributed by atoms with Crippen LogP contribution in [-0.2, 0) is 12.3 Å². The zero-order chi connectivity index (χ0) is 22.3. The van der Waals surface area contributed by atoms with E-state index in [4.69, 9.17) is 4.74 Å². The Morgan fingerprint density at radius 3 is 2.56 bits per heavy atom. The van der Waals surface area contributed by atoms with Crippen LogP contribution in [0.5, 0.6) is 5.75 Å². The van der Waals surface area contributed by atoms with E-state index in [2.05, 4.69) is 31.9 Å². The molecular weight excluding hydrogens is 450 g/mol. The zero-order valence-corrected chi connectivity index (χ0v) is 18.8. The van der Waals surface area contributed by atoms with Crippen LogP contribution in [0.3, 0.4) is 0 Å². The van der Waals surface area contributed by atoms with Gasteiger partial charge in [0.15, 0.2) is 11.0 Å². The Morgan fingerprint density at radius 2 is 1.84 bits per heavy atom. The summed E-state index contributed by atoms with van der Waals surface area (Å²) in [6.07, 6.45) is 3.49. The lowest BCUT2D eigenvalue weighted by Crippen LogP contribution is -2.04. The van der Waals surface area contributed by atoms with E-state index in [1.165, 1.54) is 18.9 Å². The molecule has 0 saturated heterocycles. The van der Waals surface area contributed by atoms with Gasteiger partial charge in [0.1, 0.15) is 5.75 Å². The number of aromatic nitrogens is 4. The fourth-order valence-corrected chi connectivity index (χ4v) is 4.63. The van der Waals surface area contributed by atoms with E-state index in [9.17, 15) is 8.78 Å². The lowest BCUT2D eigenvalue weighted by atomic mass is 10.2. The molecule has 0 fully saturated rings. The molecular formula is C23H20F2N4OS2. The smallest absolute Gasteiger partial charge is 0.289 e. The van der Waals surface area contributed by atoms with Crippen molar-refractivity contribution in [2.45, 2.75) is 28.1 Å². The molecule has 0 amide bonds. The number of hydrogen-bond acceptors (Lipinski definition) is 6. The molecule has 0 spiro atoms. The normalized spacial score (nSPS) is 11.1. The van der Waals surface area contributed by atoms with Gasteiger partial charge in [-0.15, -0.1) is 10.2 Å². The largest absolute Gasteiger partial charge is 0.496 e. The molecule has 0 saturated carbocycles. The average molecular weight is 471 g/mol. The predicted molar refractivity (Wildman–Crippen MR) is 123 cm³/mol. The Bertz CT molecular complexity index is 1160. The van der Waals surface area contributed by atoms with Crippen molar-refractivity contribution in [1.82, 2.24) is 19.7 Å². The second kappa shape index (κ2) is 10.6. The first-order valence-corrected chi connectivity index (χ1v) is 11.6. The topological polar surface area (TPSA) is 52.8 Å². The molecule has 32 heavy (non-hydrogen) atoms. The molecule has 0 N–H and O–H groups in total. The molecule has 9 heteroatoms. The Hall–Kier alpha value is -2.91. The van der Waals surface area contributed by atoms with Crippen molar-refractivity contribution in [1.29, 1.82) is 0 Å². The van der Waals surface area contributed by atoms with Crippen molar-refractivity contribution in [3.8, 4) is 17.1 Å². The third kappa shape index (κ3) is 5.46. The predicted octanol–water partition coefficient (Wildman–Crippen LogP) is 6.00. The van der Waals surface area contributed by atoms with Gasteiger partial charge >= 0.3 is 0 Å². The quantitative estimate of drug-likeness (QED) is 0.280. The van der Waals surface area contributed by atoms with E-state index >= 15 is 0 Å². The number of nitrogens with zero attached hydrogens (tertiary/aromatic N) is 4. The highest BCUT2D eigenvalue weighted by molar-refractivity contribution is 7.99. The van der Waals surface area contributed by atoms with E-state index in [0.29, 0.717) is 34.7 Å². The van der Waals surface area contributed by atoms with E-state index in [0.717, 1.165) is 27.7 Å². The number of hydrogen-bond donors (Lipinski definition) is 0. The van der Waals surface area contributed by atoms with Crippen LogP contribution >= 0.6 is 23.5 Å². The Morgan fingerprint density at radius 1 is 1.00 bits per heavy atom. The molecule has 0 aliphatic heterocycles. The molecule has 164 valence electrons. The molecule has 2 heterocycles. The van der Waals surface area contributed by atoms with Gasteiger partial charge in [0, 0.05) is 23.7 Å². The van der Waals surface area contributed by atoms with Crippen LogP contribution in [0.4, 0.5) is 8.78 Å². The number of benzene rings is 2. The first-order chi connectivity index (χ1) is 15.6. The highest BCUT2D eigenvalue weighted by Gasteiger charge is 2.16. The van der Waals surface area contributed by atoms with Gasteiger partial charge < -0.3 is 4.74 Å². The molecule has 5 nitrogen and oxygen atoms in total. The summed E-state index contributed by atoms with van der Waals surface area (Å²) in [6, 6.07) is 19.2. The summed E-state index contributed by atoms with van der Waals surface area (Å²) in [7, 11) is 1.48. The van der Waals surface area contributed by atoms with Crippen LogP contribution in [0.1, 0.15) is 11.1 Å². The van der Waals surface area contributed by atoms with Gasteiger partial charge in [0.2, 0.25) is 0 Å². The van der Waals surface area contributed by atoms with Crippen LogP contribution in [0.15, 0.2) is 83.1 Å². The second-order valence-corrected chi connectivity index (χ2v) is 8.75.